The van der Waals surface area contributed by atoms with Crippen molar-refractivity contribution in [3.05, 3.63) is 52.9 Å². The number of rotatable bonds is 6. The van der Waals surface area contributed by atoms with Crippen molar-refractivity contribution in [2.24, 2.45) is 0 Å². The minimum Gasteiger partial charge on any atom is -0.360 e. The molecule has 3 rings (SSSR count). The average Bonchev–Trinajstić information content (AvgIpc) is 3.11. The molecule has 1 saturated heterocycles. The standard InChI is InChI=1S/C20H24ClN3O3/c1-2-19(25)22-17-13-24(11-10-16(17)14-6-4-3-5-7-14)20(26)9-8-15-12-18(21)23-27-15/h3-7,12,16-17H,2,8-11,13H2,1H3,(H,22,25)/t16-,17-/m0/s1. The molecule has 0 spiro atoms. The smallest absolute Gasteiger partial charge is 0.223 e. The third-order valence-electron chi connectivity index (χ3n) is 4.98. The van der Waals surface area contributed by atoms with Crippen molar-refractivity contribution < 1.29 is 14.1 Å². The van der Waals surface area contributed by atoms with Crippen molar-refractivity contribution in [1.82, 2.24) is 15.4 Å². The summed E-state index contributed by atoms with van der Waals surface area (Å²) in [5.41, 5.74) is 1.20. The van der Waals surface area contributed by atoms with Crippen molar-refractivity contribution in [3.63, 3.8) is 0 Å². The molecule has 27 heavy (non-hydrogen) atoms. The molecule has 1 aromatic heterocycles. The molecule has 1 aliphatic rings. The minimum absolute atomic E-state index is 0.00605. The van der Waals surface area contributed by atoms with E-state index in [9.17, 15) is 9.59 Å². The van der Waals surface area contributed by atoms with E-state index < -0.39 is 0 Å². The zero-order valence-corrected chi connectivity index (χ0v) is 16.1. The summed E-state index contributed by atoms with van der Waals surface area (Å²) in [6.07, 6.45) is 2.04. The van der Waals surface area contributed by atoms with E-state index >= 15 is 0 Å². The zero-order chi connectivity index (χ0) is 19.2. The van der Waals surface area contributed by atoms with Gasteiger partial charge in [-0.25, -0.2) is 0 Å². The maximum atomic E-state index is 12.6. The monoisotopic (exact) mass is 389 g/mol. The average molecular weight is 390 g/mol. The first kappa shape index (κ1) is 19.4. The second-order valence-electron chi connectivity index (χ2n) is 6.79. The molecule has 0 unspecified atom stereocenters. The normalized spacial score (nSPS) is 19.7. The van der Waals surface area contributed by atoms with Gasteiger partial charge in [-0.3, -0.25) is 9.59 Å². The van der Waals surface area contributed by atoms with Crippen LogP contribution in [0, 0.1) is 0 Å². The van der Waals surface area contributed by atoms with Gasteiger partial charge >= 0.3 is 0 Å². The molecule has 0 aliphatic carbocycles. The van der Waals surface area contributed by atoms with E-state index in [0.717, 1.165) is 6.42 Å². The highest BCUT2D eigenvalue weighted by molar-refractivity contribution is 6.29. The Bertz CT molecular complexity index is 778. The quantitative estimate of drug-likeness (QED) is 0.823. The number of carbonyl (C=O) groups is 2. The number of hydrogen-bond donors (Lipinski definition) is 1. The number of nitrogens with zero attached hydrogens (tertiary/aromatic N) is 2. The molecule has 2 atom stereocenters. The molecule has 1 aromatic carbocycles. The second kappa shape index (κ2) is 9.04. The Morgan fingerprint density at radius 2 is 2.11 bits per heavy atom. The van der Waals surface area contributed by atoms with Gasteiger partial charge in [0.1, 0.15) is 5.76 Å². The largest absolute Gasteiger partial charge is 0.360 e. The highest BCUT2D eigenvalue weighted by Gasteiger charge is 2.33. The topological polar surface area (TPSA) is 75.4 Å². The molecular formula is C20H24ClN3O3. The Hall–Kier alpha value is -2.34. The third kappa shape index (κ3) is 5.10. The van der Waals surface area contributed by atoms with Gasteiger partial charge in [0.15, 0.2) is 5.15 Å². The van der Waals surface area contributed by atoms with Crippen molar-refractivity contribution in [2.75, 3.05) is 13.1 Å². The zero-order valence-electron chi connectivity index (χ0n) is 15.4. The summed E-state index contributed by atoms with van der Waals surface area (Å²) in [5, 5.41) is 7.02. The minimum atomic E-state index is -0.0859. The molecule has 2 amide bonds. The fourth-order valence-corrected chi connectivity index (χ4v) is 3.68. The summed E-state index contributed by atoms with van der Waals surface area (Å²) in [6.45, 7) is 3.02. The summed E-state index contributed by atoms with van der Waals surface area (Å²) in [5.74, 6) is 0.860. The van der Waals surface area contributed by atoms with E-state index in [1.54, 1.807) is 6.07 Å². The van der Waals surface area contributed by atoms with Crippen LogP contribution < -0.4 is 5.32 Å². The lowest BCUT2D eigenvalue weighted by Gasteiger charge is -2.39. The predicted molar refractivity (Wildman–Crippen MR) is 102 cm³/mol. The van der Waals surface area contributed by atoms with E-state index in [-0.39, 0.29) is 23.8 Å². The van der Waals surface area contributed by atoms with E-state index in [1.165, 1.54) is 5.56 Å². The number of benzene rings is 1. The predicted octanol–water partition coefficient (Wildman–Crippen LogP) is 3.17. The summed E-state index contributed by atoms with van der Waals surface area (Å²) in [7, 11) is 0. The Morgan fingerprint density at radius 3 is 2.78 bits per heavy atom. The lowest BCUT2D eigenvalue weighted by molar-refractivity contribution is -0.134. The highest BCUT2D eigenvalue weighted by atomic mass is 35.5. The molecule has 0 radical (unpaired) electrons. The number of amides is 2. The van der Waals surface area contributed by atoms with E-state index in [0.29, 0.717) is 43.3 Å². The molecule has 1 aliphatic heterocycles. The molecule has 144 valence electrons. The number of halogens is 1. The van der Waals surface area contributed by atoms with Gasteiger partial charge in [0.25, 0.3) is 0 Å². The number of hydrogen-bond acceptors (Lipinski definition) is 4. The molecule has 2 aromatic rings. The molecule has 1 fully saturated rings. The summed E-state index contributed by atoms with van der Waals surface area (Å²) in [4.78, 5) is 26.5. The van der Waals surface area contributed by atoms with Crippen LogP contribution in [-0.2, 0) is 16.0 Å². The van der Waals surface area contributed by atoms with Crippen LogP contribution in [-0.4, -0.2) is 41.0 Å². The van der Waals surface area contributed by atoms with Gasteiger partial charge in [-0.05, 0) is 12.0 Å². The lowest BCUT2D eigenvalue weighted by Crippen LogP contribution is -2.53. The van der Waals surface area contributed by atoms with Gasteiger partial charge < -0.3 is 14.7 Å². The number of piperidine rings is 1. The molecule has 1 N–H and O–H groups in total. The van der Waals surface area contributed by atoms with Crippen molar-refractivity contribution >= 4 is 23.4 Å². The van der Waals surface area contributed by atoms with E-state index in [4.69, 9.17) is 16.1 Å². The molecule has 2 heterocycles. The Balaban J connectivity index is 1.64. The van der Waals surface area contributed by atoms with Gasteiger partial charge in [-0.2, -0.15) is 0 Å². The van der Waals surface area contributed by atoms with Crippen molar-refractivity contribution in [1.29, 1.82) is 0 Å². The fourth-order valence-electron chi connectivity index (χ4n) is 3.53. The summed E-state index contributed by atoms with van der Waals surface area (Å²) in [6, 6.07) is 11.7. The summed E-state index contributed by atoms with van der Waals surface area (Å²) >= 11 is 5.74. The Labute approximate surface area is 163 Å². The number of aryl methyl sites for hydroxylation is 1. The third-order valence-corrected chi connectivity index (χ3v) is 5.15. The van der Waals surface area contributed by atoms with Crippen LogP contribution in [0.1, 0.15) is 43.4 Å². The molecule has 0 bridgehead atoms. The number of likely N-dealkylation sites (tertiary alicyclic amines) is 1. The first-order valence-corrected chi connectivity index (χ1v) is 9.67. The van der Waals surface area contributed by atoms with Crippen LogP contribution >= 0.6 is 11.6 Å². The number of carbonyl (C=O) groups excluding carboxylic acids is 2. The first-order valence-electron chi connectivity index (χ1n) is 9.30. The van der Waals surface area contributed by atoms with Crippen LogP contribution in [0.25, 0.3) is 0 Å². The number of nitrogens with one attached hydrogen (secondary N) is 1. The van der Waals surface area contributed by atoms with Gasteiger partial charge in [0.05, 0.1) is 6.04 Å². The van der Waals surface area contributed by atoms with Crippen LogP contribution in [0.15, 0.2) is 40.9 Å². The summed E-state index contributed by atoms with van der Waals surface area (Å²) < 4.78 is 5.06. The maximum Gasteiger partial charge on any atom is 0.223 e. The van der Waals surface area contributed by atoms with E-state index in [2.05, 4.69) is 22.6 Å². The molecular weight excluding hydrogens is 366 g/mol. The van der Waals surface area contributed by atoms with Gasteiger partial charge in [0, 0.05) is 44.3 Å². The van der Waals surface area contributed by atoms with Crippen LogP contribution in [0.4, 0.5) is 0 Å². The van der Waals surface area contributed by atoms with Gasteiger partial charge in [-0.1, -0.05) is 54.0 Å². The van der Waals surface area contributed by atoms with Crippen molar-refractivity contribution in [3.8, 4) is 0 Å². The van der Waals surface area contributed by atoms with E-state index in [1.807, 2.05) is 30.0 Å². The maximum absolute atomic E-state index is 12.6. The lowest BCUT2D eigenvalue weighted by atomic mass is 9.85. The molecule has 7 heteroatoms. The first-order chi connectivity index (χ1) is 13.1. The second-order valence-corrected chi connectivity index (χ2v) is 7.18. The number of aromatic nitrogens is 1. The SMILES string of the molecule is CCC(=O)N[C@H]1CN(C(=O)CCc2cc(Cl)no2)CC[C@H]1c1ccccc1. The molecule has 6 nitrogen and oxygen atoms in total. The Morgan fingerprint density at radius 1 is 1.33 bits per heavy atom. The van der Waals surface area contributed by atoms with Gasteiger partial charge in [0.2, 0.25) is 11.8 Å². The highest BCUT2D eigenvalue weighted by Crippen LogP contribution is 2.29. The van der Waals surface area contributed by atoms with Crippen molar-refractivity contribution in [2.45, 2.75) is 44.6 Å². The molecule has 0 saturated carbocycles. The van der Waals surface area contributed by atoms with Crippen LogP contribution in [0.2, 0.25) is 5.15 Å². The van der Waals surface area contributed by atoms with Gasteiger partial charge in [-0.15, -0.1) is 0 Å². The van der Waals surface area contributed by atoms with Crippen LogP contribution in [0.5, 0.6) is 0 Å². The fraction of sp³-hybridized carbons (Fsp3) is 0.450. The van der Waals surface area contributed by atoms with Crippen LogP contribution in [0.3, 0.4) is 0 Å². The Kier molecular flexibility index (Phi) is 6.50.